The topological polar surface area (TPSA) is 75.4 Å². The summed E-state index contributed by atoms with van der Waals surface area (Å²) in [4.78, 5) is 15.9. The van der Waals surface area contributed by atoms with Gasteiger partial charge in [0.15, 0.2) is 0 Å². The van der Waals surface area contributed by atoms with Gasteiger partial charge in [-0.2, -0.15) is 0 Å². The van der Waals surface area contributed by atoms with E-state index in [-0.39, 0.29) is 18.7 Å². The largest absolute Gasteiger partial charge is 0.394 e. The Balaban J connectivity index is 2.66. The second kappa shape index (κ2) is 4.88. The van der Waals surface area contributed by atoms with Crippen LogP contribution in [0.2, 0.25) is 0 Å². The first-order valence-electron chi connectivity index (χ1n) is 5.78. The van der Waals surface area contributed by atoms with Crippen LogP contribution < -0.4 is 5.56 Å². The fourth-order valence-corrected chi connectivity index (χ4v) is 1.88. The summed E-state index contributed by atoms with van der Waals surface area (Å²) in [5.41, 5.74) is 3.27. The van der Waals surface area contributed by atoms with E-state index in [0.717, 1.165) is 11.1 Å². The summed E-state index contributed by atoms with van der Waals surface area (Å²) in [5, 5.41) is 18.4. The Morgan fingerprint density at radius 3 is 2.67 bits per heavy atom. The van der Waals surface area contributed by atoms with Crippen LogP contribution in [0, 0.1) is 13.8 Å². The summed E-state index contributed by atoms with van der Waals surface area (Å²) in [5.74, 6) is 0. The molecule has 0 aliphatic carbocycles. The lowest BCUT2D eigenvalue weighted by Gasteiger charge is -2.13. The average molecular weight is 248 g/mol. The Labute approximate surface area is 104 Å². The van der Waals surface area contributed by atoms with E-state index in [2.05, 4.69) is 4.98 Å². The van der Waals surface area contributed by atoms with Crippen LogP contribution in [0.1, 0.15) is 11.1 Å². The van der Waals surface area contributed by atoms with E-state index < -0.39 is 6.10 Å². The van der Waals surface area contributed by atoms with Crippen molar-refractivity contribution in [2.24, 2.45) is 0 Å². The second-order valence-corrected chi connectivity index (χ2v) is 4.47. The van der Waals surface area contributed by atoms with Crippen LogP contribution in [0.3, 0.4) is 0 Å². The normalized spacial score (nSPS) is 12.9. The van der Waals surface area contributed by atoms with Gasteiger partial charge in [-0.05, 0) is 37.1 Å². The van der Waals surface area contributed by atoms with Gasteiger partial charge in [0, 0.05) is 0 Å². The molecule has 2 rings (SSSR count). The minimum Gasteiger partial charge on any atom is -0.394 e. The lowest BCUT2D eigenvalue weighted by Crippen LogP contribution is -2.28. The Bertz CT molecular complexity index is 634. The highest BCUT2D eigenvalue weighted by atomic mass is 16.3. The zero-order valence-corrected chi connectivity index (χ0v) is 10.4. The van der Waals surface area contributed by atoms with Crippen LogP contribution in [0.15, 0.2) is 23.1 Å². The molecule has 1 atom stereocenters. The van der Waals surface area contributed by atoms with E-state index in [4.69, 9.17) is 5.11 Å². The molecule has 5 heteroatoms. The van der Waals surface area contributed by atoms with Gasteiger partial charge in [-0.25, -0.2) is 4.98 Å². The molecule has 2 N–H and O–H groups in total. The van der Waals surface area contributed by atoms with E-state index in [1.54, 1.807) is 0 Å². The number of hydrogen-bond acceptors (Lipinski definition) is 4. The molecule has 2 aromatic rings. The first kappa shape index (κ1) is 12.7. The molecule has 0 bridgehead atoms. The standard InChI is InChI=1S/C13H16N2O3/c1-8-3-11-12(4-9(8)2)15(6-10(17)7-16)13(18)5-14-11/h3-5,10,16-17H,6-7H2,1-2H3/t10-/m0/s1. The van der Waals surface area contributed by atoms with Crippen LogP contribution in [0.25, 0.3) is 11.0 Å². The van der Waals surface area contributed by atoms with Crippen LogP contribution in [-0.4, -0.2) is 32.5 Å². The lowest BCUT2D eigenvalue weighted by molar-refractivity contribution is 0.0814. The minimum absolute atomic E-state index is 0.0663. The molecule has 0 amide bonds. The van der Waals surface area contributed by atoms with Gasteiger partial charge in [0.2, 0.25) is 0 Å². The van der Waals surface area contributed by atoms with Crippen molar-refractivity contribution in [1.29, 1.82) is 0 Å². The molecule has 1 aromatic carbocycles. The predicted octanol–water partition coefficient (Wildman–Crippen LogP) is 0.367. The molecular weight excluding hydrogens is 232 g/mol. The maximum atomic E-state index is 11.8. The number of aliphatic hydroxyl groups excluding tert-OH is 2. The molecule has 5 nitrogen and oxygen atoms in total. The van der Waals surface area contributed by atoms with E-state index in [0.29, 0.717) is 11.0 Å². The number of fused-ring (bicyclic) bond motifs is 1. The lowest BCUT2D eigenvalue weighted by atomic mass is 10.1. The van der Waals surface area contributed by atoms with Crippen molar-refractivity contribution in [3.05, 3.63) is 39.8 Å². The molecule has 0 saturated heterocycles. The van der Waals surface area contributed by atoms with E-state index >= 15 is 0 Å². The van der Waals surface area contributed by atoms with Crippen LogP contribution in [0.4, 0.5) is 0 Å². The monoisotopic (exact) mass is 248 g/mol. The van der Waals surface area contributed by atoms with Gasteiger partial charge in [0.1, 0.15) is 0 Å². The third kappa shape index (κ3) is 2.27. The minimum atomic E-state index is -0.949. The van der Waals surface area contributed by atoms with Crippen molar-refractivity contribution in [3.8, 4) is 0 Å². The molecule has 18 heavy (non-hydrogen) atoms. The number of aliphatic hydroxyl groups is 2. The molecule has 0 radical (unpaired) electrons. The molecule has 0 fully saturated rings. The maximum absolute atomic E-state index is 11.8. The number of benzene rings is 1. The quantitative estimate of drug-likeness (QED) is 0.822. The number of rotatable bonds is 3. The smallest absolute Gasteiger partial charge is 0.269 e. The van der Waals surface area contributed by atoms with Crippen molar-refractivity contribution in [1.82, 2.24) is 9.55 Å². The summed E-state index contributed by atoms with van der Waals surface area (Å²) in [7, 11) is 0. The summed E-state index contributed by atoms with van der Waals surface area (Å²) in [6.07, 6.45) is 0.288. The molecule has 0 aliphatic heterocycles. The SMILES string of the molecule is Cc1cc2ncc(=O)n(C[C@H](O)CO)c2cc1C. The third-order valence-electron chi connectivity index (χ3n) is 3.07. The Morgan fingerprint density at radius 2 is 2.00 bits per heavy atom. The predicted molar refractivity (Wildman–Crippen MR) is 68.6 cm³/mol. The van der Waals surface area contributed by atoms with Crippen LogP contribution >= 0.6 is 0 Å². The van der Waals surface area contributed by atoms with Gasteiger partial charge >= 0.3 is 0 Å². The number of aromatic nitrogens is 2. The highest BCUT2D eigenvalue weighted by molar-refractivity contribution is 5.76. The van der Waals surface area contributed by atoms with Crippen molar-refractivity contribution >= 4 is 11.0 Å². The van der Waals surface area contributed by atoms with Gasteiger partial charge < -0.3 is 14.8 Å². The number of nitrogens with zero attached hydrogens (tertiary/aromatic N) is 2. The highest BCUT2D eigenvalue weighted by Crippen LogP contribution is 2.16. The maximum Gasteiger partial charge on any atom is 0.269 e. The molecule has 1 heterocycles. The zero-order valence-electron chi connectivity index (χ0n) is 10.4. The molecule has 96 valence electrons. The molecule has 0 spiro atoms. The summed E-state index contributed by atoms with van der Waals surface area (Å²) in [6.45, 7) is 3.63. The number of hydrogen-bond donors (Lipinski definition) is 2. The van der Waals surface area contributed by atoms with E-state index in [1.165, 1.54) is 10.8 Å². The molecule has 0 aliphatic rings. The van der Waals surface area contributed by atoms with E-state index in [1.807, 2.05) is 26.0 Å². The second-order valence-electron chi connectivity index (χ2n) is 4.47. The Hall–Kier alpha value is -1.72. The van der Waals surface area contributed by atoms with Crippen molar-refractivity contribution in [2.75, 3.05) is 6.61 Å². The van der Waals surface area contributed by atoms with Crippen LogP contribution in [-0.2, 0) is 6.54 Å². The fourth-order valence-electron chi connectivity index (χ4n) is 1.88. The zero-order chi connectivity index (χ0) is 13.3. The van der Waals surface area contributed by atoms with Crippen LogP contribution in [0.5, 0.6) is 0 Å². The first-order chi connectivity index (χ1) is 8.52. The van der Waals surface area contributed by atoms with E-state index in [9.17, 15) is 9.90 Å². The van der Waals surface area contributed by atoms with Gasteiger partial charge in [-0.15, -0.1) is 0 Å². The summed E-state index contributed by atoms with van der Waals surface area (Å²) < 4.78 is 1.44. The Kier molecular flexibility index (Phi) is 3.45. The van der Waals surface area contributed by atoms with Gasteiger partial charge in [0.25, 0.3) is 5.56 Å². The first-order valence-corrected chi connectivity index (χ1v) is 5.78. The van der Waals surface area contributed by atoms with Crippen molar-refractivity contribution in [3.63, 3.8) is 0 Å². The highest BCUT2D eigenvalue weighted by Gasteiger charge is 2.10. The Morgan fingerprint density at radius 1 is 1.33 bits per heavy atom. The molecule has 1 aromatic heterocycles. The van der Waals surface area contributed by atoms with Gasteiger partial charge in [-0.3, -0.25) is 4.79 Å². The molecular formula is C13H16N2O3. The molecule has 0 saturated carbocycles. The van der Waals surface area contributed by atoms with Gasteiger partial charge in [-0.1, -0.05) is 0 Å². The summed E-state index contributed by atoms with van der Waals surface area (Å²) >= 11 is 0. The van der Waals surface area contributed by atoms with Crippen molar-refractivity contribution in [2.45, 2.75) is 26.5 Å². The fraction of sp³-hybridized carbons (Fsp3) is 0.385. The summed E-state index contributed by atoms with van der Waals surface area (Å²) in [6, 6.07) is 3.79. The third-order valence-corrected chi connectivity index (χ3v) is 3.07. The number of aryl methyl sites for hydroxylation is 2. The average Bonchev–Trinajstić information content (AvgIpc) is 2.35. The molecule has 0 unspecified atom stereocenters. The van der Waals surface area contributed by atoms with Gasteiger partial charge in [0.05, 0.1) is 36.5 Å². The van der Waals surface area contributed by atoms with Crippen molar-refractivity contribution < 1.29 is 10.2 Å².